The van der Waals surface area contributed by atoms with Gasteiger partial charge in [-0.05, 0) is 65.7 Å². The first-order chi connectivity index (χ1) is 25.1. The van der Waals surface area contributed by atoms with E-state index in [4.69, 9.17) is 0 Å². The molecule has 6 aromatic carbocycles. The number of rotatable bonds is 4. The molecular weight excluding hydrogens is 623 g/mol. The Kier molecular flexibility index (Phi) is 6.92. The van der Waals surface area contributed by atoms with Gasteiger partial charge in [-0.1, -0.05) is 97.9 Å². The normalized spacial score (nSPS) is 15.7. The van der Waals surface area contributed by atoms with Gasteiger partial charge in [-0.15, -0.1) is 0 Å². The molecule has 5 nitrogen and oxygen atoms in total. The molecule has 1 aliphatic carbocycles. The monoisotopic (exact) mass is 651 g/mol. The van der Waals surface area contributed by atoms with Crippen molar-refractivity contribution in [2.75, 3.05) is 0 Å². The van der Waals surface area contributed by atoms with Crippen molar-refractivity contribution in [3.63, 3.8) is 0 Å². The minimum atomic E-state index is -0.122. The lowest BCUT2D eigenvalue weighted by Gasteiger charge is -2.28. The fourth-order valence-electron chi connectivity index (χ4n) is 8.13. The van der Waals surface area contributed by atoms with Gasteiger partial charge in [-0.2, -0.15) is 15.8 Å². The summed E-state index contributed by atoms with van der Waals surface area (Å²) in [6, 6.07) is 52.4. The van der Waals surface area contributed by atoms with Gasteiger partial charge < -0.3 is 9.13 Å². The van der Waals surface area contributed by atoms with Gasteiger partial charge in [0.05, 0.1) is 68.4 Å². The van der Waals surface area contributed by atoms with Crippen LogP contribution in [0.15, 0.2) is 151 Å². The van der Waals surface area contributed by atoms with E-state index in [9.17, 15) is 15.8 Å². The molecule has 0 bridgehead atoms. The molecule has 0 amide bonds. The predicted octanol–water partition coefficient (Wildman–Crippen LogP) is 11.0. The Morgan fingerprint density at radius 3 is 1.84 bits per heavy atom. The fraction of sp³-hybridized carbons (Fsp3) is 0.0652. The number of fused-ring (bicyclic) bond motifs is 6. The molecule has 1 aliphatic rings. The Morgan fingerprint density at radius 1 is 0.549 bits per heavy atom. The van der Waals surface area contributed by atoms with Crippen molar-refractivity contribution in [2.24, 2.45) is 5.92 Å². The van der Waals surface area contributed by atoms with Crippen molar-refractivity contribution in [3.05, 3.63) is 168 Å². The summed E-state index contributed by atoms with van der Waals surface area (Å²) < 4.78 is 4.43. The molecule has 9 rings (SSSR count). The van der Waals surface area contributed by atoms with Crippen LogP contribution in [0.25, 0.3) is 66.1 Å². The van der Waals surface area contributed by atoms with Crippen molar-refractivity contribution in [1.29, 1.82) is 15.8 Å². The van der Waals surface area contributed by atoms with Crippen LogP contribution in [0.4, 0.5) is 0 Å². The molecule has 8 aromatic rings. The van der Waals surface area contributed by atoms with Crippen LogP contribution >= 0.6 is 0 Å². The summed E-state index contributed by atoms with van der Waals surface area (Å²) in [5.41, 5.74) is 10.7. The second kappa shape index (κ2) is 11.8. The second-order valence-electron chi connectivity index (χ2n) is 13.1. The number of hydrogen-bond donors (Lipinski definition) is 0. The van der Waals surface area contributed by atoms with Crippen LogP contribution in [0.5, 0.6) is 0 Å². The standard InChI is InChI=1S/C46H29N5/c1-29-34(21-23-44(39(29)28-49)50-42-18-7-4-15-37(42)38-24-30(26-47)20-22-43(38)50)31-10-8-11-32(25-31)46-33(27-48)12-9-19-45(46)51-40-16-5-2-13-35(40)36-14-3-6-17-41(36)51/h2-25,29,34H,1H3. The van der Waals surface area contributed by atoms with Crippen LogP contribution in [-0.2, 0) is 0 Å². The van der Waals surface area contributed by atoms with Gasteiger partial charge in [0.15, 0.2) is 0 Å². The van der Waals surface area contributed by atoms with Crippen LogP contribution in [-0.4, -0.2) is 9.13 Å². The van der Waals surface area contributed by atoms with Crippen LogP contribution in [0.3, 0.4) is 0 Å². The SMILES string of the molecule is CC1C(C#N)=C(n2c3ccccc3c3cc(C#N)ccc32)C=CC1c1cccc(-c2c(C#N)cccc2-n2c3ccccc3c3ccccc32)c1. The van der Waals surface area contributed by atoms with Crippen LogP contribution in [0.1, 0.15) is 29.5 Å². The molecule has 51 heavy (non-hydrogen) atoms. The average molecular weight is 652 g/mol. The lowest BCUT2D eigenvalue weighted by Crippen LogP contribution is -2.16. The maximum absolute atomic E-state index is 10.7. The summed E-state index contributed by atoms with van der Waals surface area (Å²) in [6.07, 6.45) is 4.28. The zero-order valence-corrected chi connectivity index (χ0v) is 27.7. The van der Waals surface area contributed by atoms with Gasteiger partial charge in [-0.25, -0.2) is 0 Å². The van der Waals surface area contributed by atoms with Crippen molar-refractivity contribution < 1.29 is 0 Å². The van der Waals surface area contributed by atoms with Gasteiger partial charge in [-0.3, -0.25) is 0 Å². The maximum Gasteiger partial charge on any atom is 0.0998 e. The van der Waals surface area contributed by atoms with Crippen molar-refractivity contribution in [3.8, 4) is 35.0 Å². The Balaban J connectivity index is 1.18. The lowest BCUT2D eigenvalue weighted by atomic mass is 9.78. The first-order valence-electron chi connectivity index (χ1n) is 17.0. The molecule has 2 heterocycles. The number of nitriles is 3. The van der Waals surface area contributed by atoms with E-state index in [-0.39, 0.29) is 11.8 Å². The zero-order valence-electron chi connectivity index (χ0n) is 27.7. The molecule has 2 aromatic heterocycles. The van der Waals surface area contributed by atoms with Crippen LogP contribution in [0.2, 0.25) is 0 Å². The number of aromatic nitrogens is 2. The highest BCUT2D eigenvalue weighted by molar-refractivity contribution is 6.11. The average Bonchev–Trinajstić information content (AvgIpc) is 3.70. The molecule has 2 atom stereocenters. The highest BCUT2D eigenvalue weighted by atomic mass is 15.0. The topological polar surface area (TPSA) is 81.2 Å². The molecule has 0 fully saturated rings. The van der Waals surface area contributed by atoms with E-state index < -0.39 is 0 Å². The van der Waals surface area contributed by atoms with E-state index in [2.05, 4.69) is 137 Å². The van der Waals surface area contributed by atoms with E-state index in [1.54, 1.807) is 0 Å². The molecular formula is C46H29N5. The summed E-state index contributed by atoms with van der Waals surface area (Å²) in [4.78, 5) is 0. The lowest BCUT2D eigenvalue weighted by molar-refractivity contribution is 0.613. The summed E-state index contributed by atoms with van der Waals surface area (Å²) in [6.45, 7) is 2.12. The zero-order chi connectivity index (χ0) is 34.6. The highest BCUT2D eigenvalue weighted by Gasteiger charge is 2.29. The molecule has 0 radical (unpaired) electrons. The molecule has 0 saturated heterocycles. The molecule has 0 aliphatic heterocycles. The summed E-state index contributed by atoms with van der Waals surface area (Å²) in [7, 11) is 0. The van der Waals surface area contributed by atoms with Gasteiger partial charge in [0.2, 0.25) is 0 Å². The minimum absolute atomic E-state index is 0.0624. The summed E-state index contributed by atoms with van der Waals surface area (Å²) >= 11 is 0. The molecule has 5 heteroatoms. The third-order valence-corrected chi connectivity index (χ3v) is 10.4. The Labute approximate surface area is 295 Å². The second-order valence-corrected chi connectivity index (χ2v) is 13.1. The Morgan fingerprint density at radius 2 is 1.18 bits per heavy atom. The van der Waals surface area contributed by atoms with Crippen LogP contribution in [0, 0.1) is 39.9 Å². The van der Waals surface area contributed by atoms with E-state index >= 15 is 0 Å². The van der Waals surface area contributed by atoms with E-state index in [0.29, 0.717) is 16.7 Å². The molecule has 2 unspecified atom stereocenters. The summed E-state index contributed by atoms with van der Waals surface area (Å²) in [5.74, 6) is -0.185. The van der Waals surface area contributed by atoms with E-state index in [1.165, 1.54) is 0 Å². The Bertz CT molecular complexity index is 2880. The molecule has 0 saturated carbocycles. The van der Waals surface area contributed by atoms with Crippen molar-refractivity contribution in [2.45, 2.75) is 12.8 Å². The number of benzene rings is 6. The third-order valence-electron chi connectivity index (χ3n) is 10.4. The Hall–Kier alpha value is -7.13. The largest absolute Gasteiger partial charge is 0.309 e. The van der Waals surface area contributed by atoms with Crippen LogP contribution < -0.4 is 0 Å². The van der Waals surface area contributed by atoms with Gasteiger partial charge in [0.25, 0.3) is 0 Å². The summed E-state index contributed by atoms with van der Waals surface area (Å²) in [5, 5.41) is 35.1. The van der Waals surface area contributed by atoms with E-state index in [0.717, 1.165) is 71.7 Å². The number of para-hydroxylation sites is 3. The number of nitrogens with zero attached hydrogens (tertiary/aromatic N) is 5. The maximum atomic E-state index is 10.7. The van der Waals surface area contributed by atoms with E-state index in [1.807, 2.05) is 42.5 Å². The smallest absolute Gasteiger partial charge is 0.0998 e. The first-order valence-corrected chi connectivity index (χ1v) is 17.0. The number of allylic oxidation sites excluding steroid dienone is 4. The quantitative estimate of drug-likeness (QED) is 0.190. The minimum Gasteiger partial charge on any atom is -0.309 e. The van der Waals surface area contributed by atoms with Gasteiger partial charge in [0.1, 0.15) is 0 Å². The van der Waals surface area contributed by atoms with Crippen molar-refractivity contribution in [1.82, 2.24) is 9.13 Å². The highest BCUT2D eigenvalue weighted by Crippen LogP contribution is 2.43. The molecule has 0 spiro atoms. The van der Waals surface area contributed by atoms with Gasteiger partial charge >= 0.3 is 0 Å². The fourth-order valence-corrected chi connectivity index (χ4v) is 8.13. The molecule has 238 valence electrons. The van der Waals surface area contributed by atoms with Crippen molar-refractivity contribution >= 4 is 49.3 Å². The number of hydrogen-bond acceptors (Lipinski definition) is 3. The predicted molar refractivity (Wildman–Crippen MR) is 205 cm³/mol. The molecule has 0 N–H and O–H groups in total. The third kappa shape index (κ3) is 4.52. The van der Waals surface area contributed by atoms with Gasteiger partial charge in [0, 0.05) is 38.9 Å². The first kappa shape index (κ1) is 30.0.